The number of H-pyrrole nitrogens is 1. The van der Waals surface area contributed by atoms with E-state index in [0.717, 1.165) is 15.6 Å². The number of rotatable bonds is 2. The third-order valence-electron chi connectivity index (χ3n) is 2.09. The summed E-state index contributed by atoms with van der Waals surface area (Å²) in [5.74, 6) is -0.946. The van der Waals surface area contributed by atoms with E-state index in [4.69, 9.17) is 5.11 Å². The fraction of sp³-hybridized carbons (Fsp3) is 0. The minimum Gasteiger partial charge on any atom is -0.477 e. The zero-order valence-electron chi connectivity index (χ0n) is 7.70. The van der Waals surface area contributed by atoms with Crippen LogP contribution in [0.1, 0.15) is 10.5 Å². The van der Waals surface area contributed by atoms with Crippen LogP contribution in [-0.2, 0) is 0 Å². The van der Waals surface area contributed by atoms with Crippen molar-refractivity contribution in [2.45, 2.75) is 0 Å². The molecule has 0 aliphatic carbocycles. The molecule has 2 rings (SSSR count). The van der Waals surface area contributed by atoms with Crippen molar-refractivity contribution >= 4 is 21.9 Å². The number of carboxylic acid groups (broad SMARTS) is 1. The van der Waals surface area contributed by atoms with Gasteiger partial charge in [0.25, 0.3) is 0 Å². The lowest BCUT2D eigenvalue weighted by atomic mass is 10.1. The number of hydrogen-bond donors (Lipinski definition) is 2. The summed E-state index contributed by atoms with van der Waals surface area (Å²) in [6, 6.07) is 9.31. The lowest BCUT2D eigenvalue weighted by molar-refractivity contribution is 0.0691. The summed E-state index contributed by atoms with van der Waals surface area (Å²) in [5.41, 5.74) is 2.06. The molecule has 2 N–H and O–H groups in total. The van der Waals surface area contributed by atoms with Crippen LogP contribution in [-0.4, -0.2) is 16.1 Å². The van der Waals surface area contributed by atoms with E-state index in [1.165, 1.54) is 0 Å². The molecule has 15 heavy (non-hydrogen) atoms. The van der Waals surface area contributed by atoms with E-state index in [1.807, 2.05) is 24.3 Å². The summed E-state index contributed by atoms with van der Waals surface area (Å²) in [6.07, 6.45) is 1.69. The fourth-order valence-corrected chi connectivity index (χ4v) is 1.59. The van der Waals surface area contributed by atoms with Gasteiger partial charge in [0.2, 0.25) is 0 Å². The molecule has 2 aromatic rings. The van der Waals surface area contributed by atoms with Gasteiger partial charge in [-0.25, -0.2) is 4.79 Å². The van der Waals surface area contributed by atoms with E-state index in [1.54, 1.807) is 12.3 Å². The molecule has 0 radical (unpaired) electrons. The number of halogens is 1. The first-order valence-electron chi connectivity index (χ1n) is 4.34. The second kappa shape index (κ2) is 3.90. The highest BCUT2D eigenvalue weighted by Gasteiger charge is 2.06. The lowest BCUT2D eigenvalue weighted by Gasteiger charge is -1.96. The van der Waals surface area contributed by atoms with Gasteiger partial charge in [-0.2, -0.15) is 0 Å². The molecule has 0 saturated heterocycles. The van der Waals surface area contributed by atoms with Gasteiger partial charge in [-0.1, -0.05) is 28.1 Å². The second-order valence-electron chi connectivity index (χ2n) is 3.11. The molecule has 1 aromatic heterocycles. The summed E-state index contributed by atoms with van der Waals surface area (Å²) in [5, 5.41) is 8.75. The van der Waals surface area contributed by atoms with E-state index in [-0.39, 0.29) is 5.69 Å². The van der Waals surface area contributed by atoms with Crippen molar-refractivity contribution in [3.05, 3.63) is 46.7 Å². The van der Waals surface area contributed by atoms with Gasteiger partial charge in [-0.05, 0) is 29.3 Å². The molecule has 0 bridgehead atoms. The van der Waals surface area contributed by atoms with Crippen LogP contribution in [0, 0.1) is 0 Å². The first kappa shape index (κ1) is 9.98. The number of nitrogens with one attached hydrogen (secondary N) is 1. The molecule has 4 heteroatoms. The van der Waals surface area contributed by atoms with Crippen molar-refractivity contribution in [2.75, 3.05) is 0 Å². The van der Waals surface area contributed by atoms with E-state index in [0.29, 0.717) is 0 Å². The van der Waals surface area contributed by atoms with Crippen LogP contribution in [0.2, 0.25) is 0 Å². The smallest absolute Gasteiger partial charge is 0.352 e. The maximum Gasteiger partial charge on any atom is 0.352 e. The normalized spacial score (nSPS) is 10.2. The van der Waals surface area contributed by atoms with E-state index in [2.05, 4.69) is 20.9 Å². The molecule has 0 amide bonds. The number of aromatic amines is 1. The van der Waals surface area contributed by atoms with Gasteiger partial charge in [-0.3, -0.25) is 0 Å². The largest absolute Gasteiger partial charge is 0.477 e. The minimum absolute atomic E-state index is 0.202. The summed E-state index contributed by atoms with van der Waals surface area (Å²) < 4.78 is 1.00. The Labute approximate surface area is 94.9 Å². The Bertz CT molecular complexity index is 488. The summed E-state index contributed by atoms with van der Waals surface area (Å²) >= 11 is 3.34. The Morgan fingerprint density at radius 2 is 1.87 bits per heavy atom. The van der Waals surface area contributed by atoms with Gasteiger partial charge in [-0.15, -0.1) is 0 Å². The van der Waals surface area contributed by atoms with Gasteiger partial charge < -0.3 is 10.1 Å². The predicted octanol–water partition coefficient (Wildman–Crippen LogP) is 3.14. The van der Waals surface area contributed by atoms with Crippen LogP contribution < -0.4 is 0 Å². The summed E-state index contributed by atoms with van der Waals surface area (Å²) in [4.78, 5) is 13.4. The molecule has 0 unspecified atom stereocenters. The number of benzene rings is 1. The third kappa shape index (κ3) is 2.10. The first-order valence-corrected chi connectivity index (χ1v) is 5.14. The molecule has 1 aromatic carbocycles. The number of carbonyl (C=O) groups is 1. The summed E-state index contributed by atoms with van der Waals surface area (Å²) in [7, 11) is 0. The zero-order valence-corrected chi connectivity index (χ0v) is 9.28. The third-order valence-corrected chi connectivity index (χ3v) is 2.62. The van der Waals surface area contributed by atoms with Crippen molar-refractivity contribution in [1.29, 1.82) is 0 Å². The monoisotopic (exact) mass is 265 g/mol. The second-order valence-corrected chi connectivity index (χ2v) is 4.03. The lowest BCUT2D eigenvalue weighted by Crippen LogP contribution is -1.94. The summed E-state index contributed by atoms with van der Waals surface area (Å²) in [6.45, 7) is 0. The average molecular weight is 266 g/mol. The maximum atomic E-state index is 10.7. The number of aromatic carboxylic acids is 1. The maximum absolute atomic E-state index is 10.7. The minimum atomic E-state index is -0.946. The molecule has 0 spiro atoms. The Balaban J connectivity index is 2.37. The molecule has 0 aliphatic heterocycles. The molecule has 1 heterocycles. The van der Waals surface area contributed by atoms with Crippen molar-refractivity contribution in [3.8, 4) is 11.1 Å². The number of hydrogen-bond acceptors (Lipinski definition) is 1. The van der Waals surface area contributed by atoms with Gasteiger partial charge >= 0.3 is 5.97 Å². The van der Waals surface area contributed by atoms with E-state index < -0.39 is 5.97 Å². The highest BCUT2D eigenvalue weighted by molar-refractivity contribution is 9.10. The average Bonchev–Trinajstić information content (AvgIpc) is 2.68. The molecule has 76 valence electrons. The van der Waals surface area contributed by atoms with Gasteiger partial charge in [0, 0.05) is 10.7 Å². The van der Waals surface area contributed by atoms with Gasteiger partial charge in [0.1, 0.15) is 5.69 Å². The Kier molecular flexibility index (Phi) is 2.60. The Morgan fingerprint density at radius 1 is 1.20 bits per heavy atom. The molecule has 0 saturated carbocycles. The highest BCUT2D eigenvalue weighted by atomic mass is 79.9. The molecule has 0 aliphatic rings. The standard InChI is InChI=1S/C11H8BrNO2/c12-9-3-1-7(2-4-9)8-5-10(11(14)15)13-6-8/h1-6,13H,(H,14,15). The molecule has 3 nitrogen and oxygen atoms in total. The molecule has 0 fully saturated rings. The van der Waals surface area contributed by atoms with Crippen molar-refractivity contribution in [3.63, 3.8) is 0 Å². The molecular formula is C11H8BrNO2. The Morgan fingerprint density at radius 3 is 2.40 bits per heavy atom. The first-order chi connectivity index (χ1) is 7.16. The van der Waals surface area contributed by atoms with Crippen LogP contribution in [0.15, 0.2) is 41.0 Å². The predicted molar refractivity (Wildman–Crippen MR) is 60.9 cm³/mol. The van der Waals surface area contributed by atoms with Crippen LogP contribution >= 0.6 is 15.9 Å². The van der Waals surface area contributed by atoms with Crippen LogP contribution in [0.5, 0.6) is 0 Å². The number of aromatic nitrogens is 1. The fourth-order valence-electron chi connectivity index (χ4n) is 1.33. The van der Waals surface area contributed by atoms with Crippen LogP contribution in [0.4, 0.5) is 0 Å². The van der Waals surface area contributed by atoms with Crippen LogP contribution in [0.25, 0.3) is 11.1 Å². The van der Waals surface area contributed by atoms with Crippen molar-refractivity contribution < 1.29 is 9.90 Å². The topological polar surface area (TPSA) is 53.1 Å². The van der Waals surface area contributed by atoms with Crippen molar-refractivity contribution in [2.24, 2.45) is 0 Å². The Hall–Kier alpha value is -1.55. The van der Waals surface area contributed by atoms with Gasteiger partial charge in [0.15, 0.2) is 0 Å². The molecule has 0 atom stereocenters. The van der Waals surface area contributed by atoms with Crippen LogP contribution in [0.3, 0.4) is 0 Å². The van der Waals surface area contributed by atoms with E-state index >= 15 is 0 Å². The van der Waals surface area contributed by atoms with Crippen molar-refractivity contribution in [1.82, 2.24) is 4.98 Å². The highest BCUT2D eigenvalue weighted by Crippen LogP contribution is 2.22. The van der Waals surface area contributed by atoms with E-state index in [9.17, 15) is 4.79 Å². The zero-order chi connectivity index (χ0) is 10.8. The quantitative estimate of drug-likeness (QED) is 0.877. The number of carboxylic acids is 1. The molecular weight excluding hydrogens is 258 g/mol. The van der Waals surface area contributed by atoms with Gasteiger partial charge in [0.05, 0.1) is 0 Å². The SMILES string of the molecule is O=C(O)c1cc(-c2ccc(Br)cc2)c[nH]1.